The minimum absolute atomic E-state index is 0.106. The van der Waals surface area contributed by atoms with Crippen molar-refractivity contribution in [3.63, 3.8) is 0 Å². The molecule has 0 aliphatic carbocycles. The smallest absolute Gasteiger partial charge is 0.263 e. The van der Waals surface area contributed by atoms with E-state index in [0.717, 1.165) is 5.56 Å². The van der Waals surface area contributed by atoms with Crippen LogP contribution in [-0.2, 0) is 10.0 Å². The van der Waals surface area contributed by atoms with Crippen molar-refractivity contribution in [2.24, 2.45) is 0 Å². The van der Waals surface area contributed by atoms with Gasteiger partial charge in [-0.25, -0.2) is 18.4 Å². The van der Waals surface area contributed by atoms with Crippen LogP contribution in [0.2, 0.25) is 0 Å². The fraction of sp³-hybridized carbons (Fsp3) is 0.100. The van der Waals surface area contributed by atoms with Crippen LogP contribution in [-0.4, -0.2) is 35.7 Å². The molecule has 2 aromatic carbocycles. The first-order valence-electron chi connectivity index (χ1n) is 9.11. The molecule has 0 spiro atoms. The Bertz CT molecular complexity index is 1310. The number of aromatic nitrogens is 4. The summed E-state index contributed by atoms with van der Waals surface area (Å²) in [5, 5.41) is 11.6. The Morgan fingerprint density at radius 1 is 1.00 bits per heavy atom. The first kappa shape index (κ1) is 20.7. The Morgan fingerprint density at radius 2 is 1.77 bits per heavy atom. The van der Waals surface area contributed by atoms with Crippen LogP contribution >= 0.6 is 11.3 Å². The molecule has 0 radical (unpaired) electrons. The molecule has 0 aliphatic heterocycles. The summed E-state index contributed by atoms with van der Waals surface area (Å²) in [6.07, 6.45) is 1.64. The molecule has 31 heavy (non-hydrogen) atoms. The molecule has 0 saturated carbocycles. The molecular weight excluding hydrogens is 436 g/mol. The van der Waals surface area contributed by atoms with E-state index < -0.39 is 10.0 Å². The SMILES string of the molecule is COc1ccccc1-c1ccnc(Nc2ccc(S(=O)(=O)Nc3nnc(C)s3)cc2)n1. The number of sulfonamides is 1. The predicted molar refractivity (Wildman–Crippen MR) is 119 cm³/mol. The van der Waals surface area contributed by atoms with Crippen molar-refractivity contribution in [1.29, 1.82) is 0 Å². The minimum atomic E-state index is -3.76. The quantitative estimate of drug-likeness (QED) is 0.432. The first-order valence-corrected chi connectivity index (χ1v) is 11.4. The van der Waals surface area contributed by atoms with Gasteiger partial charge in [-0.05, 0) is 49.4 Å². The second kappa shape index (κ2) is 8.66. The zero-order chi connectivity index (χ0) is 21.8. The van der Waals surface area contributed by atoms with Crippen LogP contribution in [0.4, 0.5) is 16.8 Å². The summed E-state index contributed by atoms with van der Waals surface area (Å²) in [6, 6.07) is 15.6. The average Bonchev–Trinajstić information content (AvgIpc) is 3.18. The zero-order valence-corrected chi connectivity index (χ0v) is 18.2. The van der Waals surface area contributed by atoms with Crippen LogP contribution in [0.25, 0.3) is 11.3 Å². The predicted octanol–water partition coefficient (Wildman–Crippen LogP) is 3.86. The van der Waals surface area contributed by atoms with Crippen molar-refractivity contribution < 1.29 is 13.2 Å². The van der Waals surface area contributed by atoms with Gasteiger partial charge in [0.05, 0.1) is 17.7 Å². The lowest BCUT2D eigenvalue weighted by Gasteiger charge is -2.10. The fourth-order valence-electron chi connectivity index (χ4n) is 2.78. The summed E-state index contributed by atoms with van der Waals surface area (Å²) in [5.74, 6) is 1.08. The molecule has 0 bridgehead atoms. The molecular formula is C20H18N6O3S2. The van der Waals surface area contributed by atoms with Crippen molar-refractivity contribution in [3.05, 3.63) is 65.8 Å². The highest BCUT2D eigenvalue weighted by Crippen LogP contribution is 2.29. The maximum atomic E-state index is 12.5. The van der Waals surface area contributed by atoms with E-state index in [-0.39, 0.29) is 10.0 Å². The largest absolute Gasteiger partial charge is 0.496 e. The summed E-state index contributed by atoms with van der Waals surface area (Å²) in [6.45, 7) is 1.75. The van der Waals surface area contributed by atoms with Crippen molar-refractivity contribution in [1.82, 2.24) is 20.2 Å². The second-order valence-electron chi connectivity index (χ2n) is 6.35. The van der Waals surface area contributed by atoms with E-state index in [1.54, 1.807) is 38.4 Å². The molecule has 11 heteroatoms. The van der Waals surface area contributed by atoms with Gasteiger partial charge in [0.15, 0.2) is 0 Å². The lowest BCUT2D eigenvalue weighted by atomic mass is 10.1. The molecule has 0 amide bonds. The highest BCUT2D eigenvalue weighted by Gasteiger charge is 2.16. The summed E-state index contributed by atoms with van der Waals surface area (Å²) in [5.41, 5.74) is 2.18. The Kier molecular flexibility index (Phi) is 5.78. The van der Waals surface area contributed by atoms with Gasteiger partial charge in [0, 0.05) is 17.4 Å². The number of para-hydroxylation sites is 1. The maximum absolute atomic E-state index is 12.5. The number of hydrogen-bond acceptors (Lipinski definition) is 9. The number of nitrogens with zero attached hydrogens (tertiary/aromatic N) is 4. The number of aryl methyl sites for hydroxylation is 1. The molecule has 0 unspecified atom stereocenters. The molecule has 0 atom stereocenters. The molecule has 2 heterocycles. The first-order chi connectivity index (χ1) is 14.9. The second-order valence-corrected chi connectivity index (χ2v) is 9.21. The lowest BCUT2D eigenvalue weighted by Crippen LogP contribution is -2.12. The van der Waals surface area contributed by atoms with Gasteiger partial charge >= 0.3 is 0 Å². The Morgan fingerprint density at radius 3 is 2.48 bits per heavy atom. The van der Waals surface area contributed by atoms with Gasteiger partial charge in [-0.15, -0.1) is 10.2 Å². The summed E-state index contributed by atoms with van der Waals surface area (Å²) < 4.78 is 32.8. The number of methoxy groups -OCH3 is 1. The summed E-state index contributed by atoms with van der Waals surface area (Å²) >= 11 is 1.17. The third-order valence-electron chi connectivity index (χ3n) is 4.21. The molecule has 4 rings (SSSR count). The van der Waals surface area contributed by atoms with Crippen LogP contribution in [0.15, 0.2) is 65.7 Å². The Hall–Kier alpha value is -3.57. The van der Waals surface area contributed by atoms with Crippen LogP contribution in [0.3, 0.4) is 0 Å². The van der Waals surface area contributed by atoms with Crippen molar-refractivity contribution >= 4 is 38.1 Å². The Balaban J connectivity index is 1.52. The molecule has 2 aromatic heterocycles. The number of nitrogens with one attached hydrogen (secondary N) is 2. The standard InChI is InChI=1S/C20H18N6O3S2/c1-13-24-25-20(30-13)26-31(27,28)15-9-7-14(8-10-15)22-19-21-12-11-17(23-19)16-5-3-4-6-18(16)29-2/h3-12H,1-2H3,(H,25,26)(H,21,22,23). The molecule has 0 saturated heterocycles. The molecule has 0 aliphatic rings. The third-order valence-corrected chi connectivity index (χ3v) is 6.45. The molecule has 2 N–H and O–H groups in total. The summed E-state index contributed by atoms with van der Waals surface area (Å²) in [7, 11) is -2.15. The summed E-state index contributed by atoms with van der Waals surface area (Å²) in [4.78, 5) is 8.87. The van der Waals surface area contributed by atoms with Gasteiger partial charge in [0.1, 0.15) is 10.8 Å². The van der Waals surface area contributed by atoms with Gasteiger partial charge in [0.2, 0.25) is 11.1 Å². The van der Waals surface area contributed by atoms with E-state index in [2.05, 4.69) is 30.2 Å². The van der Waals surface area contributed by atoms with E-state index >= 15 is 0 Å². The molecule has 4 aromatic rings. The monoisotopic (exact) mass is 454 g/mol. The highest BCUT2D eigenvalue weighted by atomic mass is 32.2. The van der Waals surface area contributed by atoms with E-state index in [1.165, 1.54) is 23.5 Å². The highest BCUT2D eigenvalue weighted by molar-refractivity contribution is 7.93. The topological polar surface area (TPSA) is 119 Å². The molecule has 0 fully saturated rings. The van der Waals surface area contributed by atoms with E-state index in [0.29, 0.717) is 28.1 Å². The van der Waals surface area contributed by atoms with E-state index in [9.17, 15) is 8.42 Å². The molecule has 9 nitrogen and oxygen atoms in total. The van der Waals surface area contributed by atoms with Gasteiger partial charge in [0.25, 0.3) is 10.0 Å². The normalized spacial score (nSPS) is 11.2. The van der Waals surface area contributed by atoms with Crippen molar-refractivity contribution in [3.8, 4) is 17.0 Å². The maximum Gasteiger partial charge on any atom is 0.263 e. The minimum Gasteiger partial charge on any atom is -0.496 e. The van der Waals surface area contributed by atoms with Crippen molar-refractivity contribution in [2.75, 3.05) is 17.1 Å². The molecule has 158 valence electrons. The van der Waals surface area contributed by atoms with Crippen LogP contribution in [0.5, 0.6) is 5.75 Å². The van der Waals surface area contributed by atoms with Crippen LogP contribution in [0, 0.1) is 6.92 Å². The van der Waals surface area contributed by atoms with Gasteiger partial charge in [-0.3, -0.25) is 4.72 Å². The fourth-order valence-corrected chi connectivity index (χ4v) is 4.61. The van der Waals surface area contributed by atoms with Crippen LogP contribution in [0.1, 0.15) is 5.01 Å². The number of rotatable bonds is 7. The van der Waals surface area contributed by atoms with Crippen molar-refractivity contribution in [2.45, 2.75) is 11.8 Å². The van der Waals surface area contributed by atoms with Gasteiger partial charge < -0.3 is 10.1 Å². The van der Waals surface area contributed by atoms with Gasteiger partial charge in [-0.1, -0.05) is 23.5 Å². The van der Waals surface area contributed by atoms with Crippen LogP contribution < -0.4 is 14.8 Å². The Labute approximate surface area is 183 Å². The lowest BCUT2D eigenvalue weighted by molar-refractivity contribution is 0.416. The average molecular weight is 455 g/mol. The third kappa shape index (κ3) is 4.78. The number of ether oxygens (including phenoxy) is 1. The zero-order valence-electron chi connectivity index (χ0n) is 16.6. The number of anilines is 3. The number of hydrogen-bond donors (Lipinski definition) is 2. The van der Waals surface area contributed by atoms with E-state index in [4.69, 9.17) is 4.74 Å². The van der Waals surface area contributed by atoms with Gasteiger partial charge in [-0.2, -0.15) is 0 Å². The van der Waals surface area contributed by atoms with E-state index in [1.807, 2.05) is 24.3 Å². The number of benzene rings is 2.